The second kappa shape index (κ2) is 9.57. The van der Waals surface area contributed by atoms with E-state index in [0.717, 1.165) is 43.8 Å². The smallest absolute Gasteiger partial charge is 0.123 e. The standard InChI is InChI=1S/C28H34O/c1-2-3-21-4-8-23(9-5-21)25-12-16-27(17-13-25)28-18-14-26(15-19-28)24-10-6-22(20-29)7-11-24/h2-3,12-24H,4-11H2,1H3. The third kappa shape index (κ3) is 4.89. The number of rotatable bonds is 5. The van der Waals surface area contributed by atoms with Gasteiger partial charge in [0.05, 0.1) is 0 Å². The highest BCUT2D eigenvalue weighted by Gasteiger charge is 2.22. The lowest BCUT2D eigenvalue weighted by atomic mass is 9.78. The highest BCUT2D eigenvalue weighted by molar-refractivity contribution is 5.64. The zero-order valence-corrected chi connectivity index (χ0v) is 17.7. The van der Waals surface area contributed by atoms with Crippen molar-refractivity contribution >= 4 is 6.29 Å². The van der Waals surface area contributed by atoms with Crippen LogP contribution >= 0.6 is 0 Å². The summed E-state index contributed by atoms with van der Waals surface area (Å²) < 4.78 is 0. The van der Waals surface area contributed by atoms with E-state index in [2.05, 4.69) is 67.6 Å². The van der Waals surface area contributed by atoms with E-state index in [4.69, 9.17) is 0 Å². The SMILES string of the molecule is CC=CC1CCC(c2ccc(-c3ccc(C4CCC(C=O)CC4)cc3)cc2)CC1. The molecular formula is C28H34O. The molecule has 0 radical (unpaired) electrons. The fraction of sp³-hybridized carbons (Fsp3) is 0.464. The van der Waals surface area contributed by atoms with Crippen molar-refractivity contribution in [1.82, 2.24) is 0 Å². The maximum absolute atomic E-state index is 11.0. The highest BCUT2D eigenvalue weighted by atomic mass is 16.1. The van der Waals surface area contributed by atoms with Crippen LogP contribution in [0.5, 0.6) is 0 Å². The minimum Gasteiger partial charge on any atom is -0.303 e. The van der Waals surface area contributed by atoms with Crippen LogP contribution in [0.2, 0.25) is 0 Å². The van der Waals surface area contributed by atoms with Gasteiger partial charge in [0.1, 0.15) is 6.29 Å². The second-order valence-electron chi connectivity index (χ2n) is 9.13. The van der Waals surface area contributed by atoms with Crippen molar-refractivity contribution in [1.29, 1.82) is 0 Å². The van der Waals surface area contributed by atoms with Crippen LogP contribution in [0.3, 0.4) is 0 Å². The van der Waals surface area contributed by atoms with E-state index in [1.807, 2.05) is 0 Å². The number of carbonyl (C=O) groups is 1. The van der Waals surface area contributed by atoms with Gasteiger partial charge in [-0.25, -0.2) is 0 Å². The molecule has 0 amide bonds. The third-order valence-corrected chi connectivity index (χ3v) is 7.30. The summed E-state index contributed by atoms with van der Waals surface area (Å²) in [6.45, 7) is 2.13. The molecule has 2 aliphatic rings. The molecule has 0 unspecified atom stereocenters. The van der Waals surface area contributed by atoms with Gasteiger partial charge in [-0.2, -0.15) is 0 Å². The molecule has 2 aromatic carbocycles. The van der Waals surface area contributed by atoms with E-state index in [0.29, 0.717) is 11.8 Å². The molecule has 0 bridgehead atoms. The van der Waals surface area contributed by atoms with Crippen molar-refractivity contribution in [3.05, 3.63) is 71.8 Å². The predicted molar refractivity (Wildman–Crippen MR) is 122 cm³/mol. The minimum atomic E-state index is 0.294. The maximum atomic E-state index is 11.0. The van der Waals surface area contributed by atoms with Crippen LogP contribution in [0, 0.1) is 11.8 Å². The summed E-state index contributed by atoms with van der Waals surface area (Å²) in [6.07, 6.45) is 15.4. The van der Waals surface area contributed by atoms with E-state index in [1.165, 1.54) is 47.9 Å². The average Bonchev–Trinajstić information content (AvgIpc) is 2.80. The summed E-state index contributed by atoms with van der Waals surface area (Å²) in [5.74, 6) is 2.44. The van der Waals surface area contributed by atoms with Crippen molar-refractivity contribution in [3.8, 4) is 11.1 Å². The van der Waals surface area contributed by atoms with Crippen LogP contribution in [-0.2, 0) is 4.79 Å². The lowest BCUT2D eigenvalue weighted by molar-refractivity contribution is -0.111. The molecule has 0 aromatic heterocycles. The average molecular weight is 387 g/mol. The number of hydrogen-bond donors (Lipinski definition) is 0. The first-order chi connectivity index (χ1) is 14.3. The molecule has 29 heavy (non-hydrogen) atoms. The van der Waals surface area contributed by atoms with Gasteiger partial charge in [-0.3, -0.25) is 0 Å². The van der Waals surface area contributed by atoms with Gasteiger partial charge < -0.3 is 4.79 Å². The van der Waals surface area contributed by atoms with Gasteiger partial charge in [0.25, 0.3) is 0 Å². The van der Waals surface area contributed by atoms with Gasteiger partial charge in [-0.15, -0.1) is 0 Å². The van der Waals surface area contributed by atoms with E-state index in [-0.39, 0.29) is 0 Å². The molecule has 0 aliphatic heterocycles. The quantitative estimate of drug-likeness (QED) is 0.380. The molecular weight excluding hydrogens is 352 g/mol. The molecule has 2 aliphatic carbocycles. The first-order valence-corrected chi connectivity index (χ1v) is 11.5. The van der Waals surface area contributed by atoms with Crippen LogP contribution < -0.4 is 0 Å². The van der Waals surface area contributed by atoms with Crippen molar-refractivity contribution in [3.63, 3.8) is 0 Å². The monoisotopic (exact) mass is 386 g/mol. The largest absolute Gasteiger partial charge is 0.303 e. The Morgan fingerprint density at radius 1 is 0.621 bits per heavy atom. The Morgan fingerprint density at radius 2 is 1.03 bits per heavy atom. The van der Waals surface area contributed by atoms with Crippen LogP contribution in [0.4, 0.5) is 0 Å². The summed E-state index contributed by atoms with van der Waals surface area (Å²) >= 11 is 0. The highest BCUT2D eigenvalue weighted by Crippen LogP contribution is 2.38. The van der Waals surface area contributed by atoms with Gasteiger partial charge >= 0.3 is 0 Å². The van der Waals surface area contributed by atoms with Crippen LogP contribution in [0.1, 0.15) is 81.3 Å². The van der Waals surface area contributed by atoms with Gasteiger partial charge in [0.15, 0.2) is 0 Å². The van der Waals surface area contributed by atoms with Crippen molar-refractivity contribution in [2.75, 3.05) is 0 Å². The van der Waals surface area contributed by atoms with Crippen molar-refractivity contribution in [2.24, 2.45) is 11.8 Å². The summed E-state index contributed by atoms with van der Waals surface area (Å²) in [7, 11) is 0. The summed E-state index contributed by atoms with van der Waals surface area (Å²) in [5.41, 5.74) is 5.56. The zero-order valence-electron chi connectivity index (χ0n) is 17.7. The van der Waals surface area contributed by atoms with Crippen molar-refractivity contribution in [2.45, 2.75) is 70.1 Å². The van der Waals surface area contributed by atoms with Gasteiger partial charge in [-0.05, 0) is 98.3 Å². The molecule has 1 heteroatoms. The van der Waals surface area contributed by atoms with Crippen LogP contribution in [-0.4, -0.2) is 6.29 Å². The molecule has 1 nitrogen and oxygen atoms in total. The molecule has 0 N–H and O–H groups in total. The van der Waals surface area contributed by atoms with Gasteiger partial charge in [-0.1, -0.05) is 60.7 Å². The molecule has 2 saturated carbocycles. The lowest BCUT2D eigenvalue weighted by Crippen LogP contribution is -2.14. The maximum Gasteiger partial charge on any atom is 0.123 e. The van der Waals surface area contributed by atoms with Crippen LogP contribution in [0.15, 0.2) is 60.7 Å². The molecule has 4 rings (SSSR count). The Balaban J connectivity index is 1.37. The molecule has 2 aromatic rings. The predicted octanol–water partition coefficient (Wildman–Crippen LogP) is 7.68. The Bertz CT molecular complexity index is 798. The second-order valence-corrected chi connectivity index (χ2v) is 9.13. The number of allylic oxidation sites excluding steroid dienone is 2. The molecule has 152 valence electrons. The number of benzene rings is 2. The number of hydrogen-bond acceptors (Lipinski definition) is 1. The first-order valence-electron chi connectivity index (χ1n) is 11.5. The fourth-order valence-electron chi connectivity index (χ4n) is 5.40. The van der Waals surface area contributed by atoms with E-state index >= 15 is 0 Å². The fourth-order valence-corrected chi connectivity index (χ4v) is 5.40. The van der Waals surface area contributed by atoms with Crippen molar-refractivity contribution < 1.29 is 4.79 Å². The third-order valence-electron chi connectivity index (χ3n) is 7.30. The van der Waals surface area contributed by atoms with E-state index in [9.17, 15) is 4.79 Å². The van der Waals surface area contributed by atoms with Crippen LogP contribution in [0.25, 0.3) is 11.1 Å². The minimum absolute atomic E-state index is 0.294. The topological polar surface area (TPSA) is 17.1 Å². The number of aldehydes is 1. The Labute approximate surface area is 176 Å². The first kappa shape index (κ1) is 20.1. The zero-order chi connectivity index (χ0) is 20.1. The Morgan fingerprint density at radius 3 is 1.41 bits per heavy atom. The molecule has 0 saturated heterocycles. The van der Waals surface area contributed by atoms with Gasteiger partial charge in [0, 0.05) is 5.92 Å². The lowest BCUT2D eigenvalue weighted by Gasteiger charge is -2.27. The normalized spacial score (nSPS) is 27.8. The van der Waals surface area contributed by atoms with E-state index < -0.39 is 0 Å². The molecule has 0 spiro atoms. The summed E-state index contributed by atoms with van der Waals surface area (Å²) in [6, 6.07) is 18.5. The molecule has 0 atom stereocenters. The summed E-state index contributed by atoms with van der Waals surface area (Å²) in [5, 5.41) is 0. The Kier molecular flexibility index (Phi) is 6.64. The number of carbonyl (C=O) groups excluding carboxylic acids is 1. The van der Waals surface area contributed by atoms with Gasteiger partial charge in [0.2, 0.25) is 0 Å². The molecule has 2 fully saturated rings. The van der Waals surface area contributed by atoms with E-state index in [1.54, 1.807) is 0 Å². The molecule has 0 heterocycles. The Hall–Kier alpha value is -2.15. The summed E-state index contributed by atoms with van der Waals surface area (Å²) in [4.78, 5) is 11.0.